The van der Waals surface area contributed by atoms with Gasteiger partial charge in [-0.05, 0) is 61.9 Å². The Morgan fingerprint density at radius 1 is 1.09 bits per heavy atom. The zero-order valence-electron chi connectivity index (χ0n) is 18.4. The van der Waals surface area contributed by atoms with Crippen molar-refractivity contribution in [2.75, 3.05) is 44.2 Å². The van der Waals surface area contributed by atoms with E-state index in [1.54, 1.807) is 0 Å². The zero-order chi connectivity index (χ0) is 23.8. The quantitative estimate of drug-likeness (QED) is 0.666. The van der Waals surface area contributed by atoms with Crippen LogP contribution in [0.4, 0.5) is 18.9 Å². The van der Waals surface area contributed by atoms with Crippen molar-refractivity contribution in [2.24, 2.45) is 5.41 Å². The summed E-state index contributed by atoms with van der Waals surface area (Å²) in [6.07, 6.45) is -1.42. The molecule has 1 aromatic carbocycles. The number of piperidine rings is 1. The lowest BCUT2D eigenvalue weighted by Gasteiger charge is -2.37. The van der Waals surface area contributed by atoms with Crippen LogP contribution in [0.2, 0.25) is 0 Å². The number of carboxylic acid groups (broad SMARTS) is 1. The van der Waals surface area contributed by atoms with E-state index < -0.39 is 23.8 Å². The van der Waals surface area contributed by atoms with E-state index in [1.165, 1.54) is 17.0 Å². The van der Waals surface area contributed by atoms with Gasteiger partial charge in [0.05, 0.1) is 11.7 Å². The van der Waals surface area contributed by atoms with Crippen molar-refractivity contribution in [1.82, 2.24) is 9.80 Å². The molecule has 182 valence electrons. The maximum absolute atomic E-state index is 12.8. The number of aliphatic hydroxyl groups excluding tert-OH is 1. The Morgan fingerprint density at radius 3 is 2.36 bits per heavy atom. The number of alkyl halides is 3. The van der Waals surface area contributed by atoms with Crippen LogP contribution in [0.1, 0.15) is 37.7 Å². The van der Waals surface area contributed by atoms with Gasteiger partial charge in [0.1, 0.15) is 6.04 Å². The van der Waals surface area contributed by atoms with Gasteiger partial charge in [0, 0.05) is 44.8 Å². The second-order valence-corrected chi connectivity index (χ2v) is 9.44. The highest BCUT2D eigenvalue weighted by atomic mass is 19.4. The first kappa shape index (κ1) is 23.8. The third-order valence-corrected chi connectivity index (χ3v) is 7.42. The number of hydrogen-bond donors (Lipinski definition) is 2. The molecule has 2 heterocycles. The van der Waals surface area contributed by atoms with Crippen LogP contribution in [0.15, 0.2) is 24.3 Å². The van der Waals surface area contributed by atoms with Crippen LogP contribution in [0.3, 0.4) is 0 Å². The van der Waals surface area contributed by atoms with E-state index in [2.05, 4.69) is 4.90 Å². The van der Waals surface area contributed by atoms with Gasteiger partial charge in [0.25, 0.3) is 0 Å². The van der Waals surface area contributed by atoms with E-state index >= 15 is 0 Å². The molecule has 3 aliphatic rings. The van der Waals surface area contributed by atoms with Crippen LogP contribution in [0.25, 0.3) is 0 Å². The van der Waals surface area contributed by atoms with Gasteiger partial charge in [0.2, 0.25) is 5.91 Å². The van der Waals surface area contributed by atoms with E-state index in [4.69, 9.17) is 0 Å². The number of carbonyl (C=O) groups is 2. The third-order valence-electron chi connectivity index (χ3n) is 7.42. The molecule has 33 heavy (non-hydrogen) atoms. The summed E-state index contributed by atoms with van der Waals surface area (Å²) in [6, 6.07) is 3.81. The summed E-state index contributed by atoms with van der Waals surface area (Å²) in [6.45, 7) is 2.67. The van der Waals surface area contributed by atoms with Gasteiger partial charge in [-0.2, -0.15) is 13.2 Å². The molecule has 0 radical (unpaired) electrons. The molecule has 3 fully saturated rings. The number of aliphatic carboxylic acids is 1. The molecule has 1 aliphatic carbocycles. The fourth-order valence-electron chi connectivity index (χ4n) is 5.03. The number of carbonyl (C=O) groups excluding carboxylic acids is 1. The van der Waals surface area contributed by atoms with Crippen LogP contribution in [-0.2, 0) is 15.8 Å². The predicted molar refractivity (Wildman–Crippen MR) is 115 cm³/mol. The third kappa shape index (κ3) is 5.27. The summed E-state index contributed by atoms with van der Waals surface area (Å²) in [7, 11) is 0. The standard InChI is InChI=1S/C23H30F3N3O4/c24-23(25,26)16-1-3-17(4-2-16)28-11-6-20(31)29(14-13-28)18(21(32)33)5-10-27-12-9-22(7-8-22)19(30)15-27/h1-4,18-19,30H,5-15H2,(H,32,33)/t18-,19+/m0/s1. The Bertz CT molecular complexity index is 873. The van der Waals surface area contributed by atoms with Crippen molar-refractivity contribution in [2.45, 2.75) is 50.4 Å². The van der Waals surface area contributed by atoms with E-state index in [0.717, 1.165) is 37.9 Å². The van der Waals surface area contributed by atoms with E-state index in [9.17, 15) is 33.0 Å². The summed E-state index contributed by atoms with van der Waals surface area (Å²) in [4.78, 5) is 30.0. The molecule has 1 saturated carbocycles. The number of halogens is 3. The highest BCUT2D eigenvalue weighted by Crippen LogP contribution is 2.53. The number of likely N-dealkylation sites (tertiary alicyclic amines) is 1. The largest absolute Gasteiger partial charge is 0.480 e. The Labute approximate surface area is 190 Å². The summed E-state index contributed by atoms with van der Waals surface area (Å²) in [5.41, 5.74) is -0.0911. The van der Waals surface area contributed by atoms with E-state index in [0.29, 0.717) is 31.9 Å². The number of benzene rings is 1. The molecule has 1 aromatic rings. The van der Waals surface area contributed by atoms with Gasteiger partial charge < -0.3 is 24.9 Å². The topological polar surface area (TPSA) is 84.3 Å². The molecule has 0 unspecified atom stereocenters. The minimum atomic E-state index is -4.41. The molecule has 1 amide bonds. The maximum Gasteiger partial charge on any atom is 0.416 e. The lowest BCUT2D eigenvalue weighted by atomic mass is 9.90. The number of β-amino-alcohol motifs (C(OH)–C–C–N with tert-alkyl or cyclic N) is 1. The number of nitrogens with zero attached hydrogens (tertiary/aromatic N) is 3. The summed E-state index contributed by atoms with van der Waals surface area (Å²) in [5, 5.41) is 20.2. The van der Waals surface area contributed by atoms with Crippen molar-refractivity contribution < 1.29 is 33.0 Å². The van der Waals surface area contributed by atoms with Crippen molar-refractivity contribution >= 4 is 17.6 Å². The summed E-state index contributed by atoms with van der Waals surface area (Å²) < 4.78 is 38.5. The van der Waals surface area contributed by atoms with Crippen molar-refractivity contribution in [3.63, 3.8) is 0 Å². The minimum Gasteiger partial charge on any atom is -0.480 e. The van der Waals surface area contributed by atoms with Gasteiger partial charge in [0.15, 0.2) is 0 Å². The first-order chi connectivity index (χ1) is 15.6. The normalized spacial score (nSPS) is 24.6. The molecule has 10 heteroatoms. The molecule has 2 saturated heterocycles. The molecule has 2 atom stereocenters. The number of aliphatic hydroxyl groups is 1. The van der Waals surface area contributed by atoms with Crippen molar-refractivity contribution in [3.8, 4) is 0 Å². The number of anilines is 1. The first-order valence-electron chi connectivity index (χ1n) is 11.4. The van der Waals surface area contributed by atoms with Crippen LogP contribution in [-0.4, -0.2) is 83.3 Å². The Balaban J connectivity index is 1.36. The summed E-state index contributed by atoms with van der Waals surface area (Å²) >= 11 is 0. The summed E-state index contributed by atoms with van der Waals surface area (Å²) in [5.74, 6) is -1.34. The molecule has 7 nitrogen and oxygen atoms in total. The maximum atomic E-state index is 12.8. The molecular formula is C23H30F3N3O4. The van der Waals surface area contributed by atoms with Crippen LogP contribution < -0.4 is 4.90 Å². The zero-order valence-corrected chi connectivity index (χ0v) is 18.4. The molecule has 4 rings (SSSR count). The second-order valence-electron chi connectivity index (χ2n) is 9.44. The Hall–Kier alpha value is -2.33. The van der Waals surface area contributed by atoms with Crippen LogP contribution in [0, 0.1) is 5.41 Å². The van der Waals surface area contributed by atoms with Gasteiger partial charge in [-0.3, -0.25) is 4.79 Å². The van der Waals surface area contributed by atoms with Crippen molar-refractivity contribution in [3.05, 3.63) is 29.8 Å². The predicted octanol–water partition coefficient (Wildman–Crippen LogP) is 2.43. The highest BCUT2D eigenvalue weighted by Gasteiger charge is 2.51. The van der Waals surface area contributed by atoms with Crippen molar-refractivity contribution in [1.29, 1.82) is 0 Å². The van der Waals surface area contributed by atoms with Crippen LogP contribution in [0.5, 0.6) is 0 Å². The number of amides is 1. The fraction of sp³-hybridized carbons (Fsp3) is 0.652. The van der Waals surface area contributed by atoms with Gasteiger partial charge in [-0.15, -0.1) is 0 Å². The average Bonchev–Trinajstić information content (AvgIpc) is 3.56. The highest BCUT2D eigenvalue weighted by molar-refractivity contribution is 5.84. The number of hydrogen-bond acceptors (Lipinski definition) is 5. The first-order valence-corrected chi connectivity index (χ1v) is 11.4. The molecule has 2 N–H and O–H groups in total. The fourth-order valence-corrected chi connectivity index (χ4v) is 5.03. The van der Waals surface area contributed by atoms with Crippen LogP contribution >= 0.6 is 0 Å². The minimum absolute atomic E-state index is 0.0746. The number of rotatable bonds is 6. The monoisotopic (exact) mass is 469 g/mol. The Morgan fingerprint density at radius 2 is 1.79 bits per heavy atom. The molecule has 2 aliphatic heterocycles. The molecule has 0 aromatic heterocycles. The van der Waals surface area contributed by atoms with Gasteiger partial charge in [-0.1, -0.05) is 0 Å². The smallest absolute Gasteiger partial charge is 0.416 e. The lowest BCUT2D eigenvalue weighted by Crippen LogP contribution is -2.50. The Kier molecular flexibility index (Phi) is 6.59. The van der Waals surface area contributed by atoms with Gasteiger partial charge >= 0.3 is 12.1 Å². The van der Waals surface area contributed by atoms with E-state index in [1.807, 2.05) is 4.90 Å². The lowest BCUT2D eigenvalue weighted by molar-refractivity contribution is -0.150. The van der Waals surface area contributed by atoms with E-state index in [-0.39, 0.29) is 36.8 Å². The molecular weight excluding hydrogens is 439 g/mol. The molecule has 0 bridgehead atoms. The molecule has 1 spiro atoms. The average molecular weight is 470 g/mol. The SMILES string of the molecule is O=C(O)[C@H](CCN1CCC2(CC2)[C@H](O)C1)N1CCN(c2ccc(C(F)(F)F)cc2)CCC1=O. The second kappa shape index (κ2) is 9.13. The number of carboxylic acids is 1. The van der Waals surface area contributed by atoms with Gasteiger partial charge in [-0.25, -0.2) is 4.79 Å².